The molecule has 0 bridgehead atoms. The molecule has 0 amide bonds. The molecule has 0 fully saturated rings. The number of aryl methyl sites for hydroxylation is 1. The molecular formula is C19H29ClN6O. The van der Waals surface area contributed by atoms with Gasteiger partial charge in [0.15, 0.2) is 11.8 Å². The van der Waals surface area contributed by atoms with Crippen molar-refractivity contribution in [3.8, 4) is 0 Å². The van der Waals surface area contributed by atoms with E-state index in [4.69, 9.17) is 16.3 Å². The van der Waals surface area contributed by atoms with Gasteiger partial charge in [-0.3, -0.25) is 0 Å². The van der Waals surface area contributed by atoms with Crippen molar-refractivity contribution in [2.45, 2.75) is 39.8 Å². The number of aromatic nitrogens is 3. The number of benzene rings is 1. The van der Waals surface area contributed by atoms with Gasteiger partial charge in [-0.2, -0.15) is 0 Å². The molecular weight excluding hydrogens is 364 g/mol. The summed E-state index contributed by atoms with van der Waals surface area (Å²) in [7, 11) is 1.94. The van der Waals surface area contributed by atoms with Crippen LogP contribution < -0.4 is 10.6 Å². The predicted molar refractivity (Wildman–Crippen MR) is 109 cm³/mol. The SMILES string of the molecule is CCOCCCNC(=NCc1nnc(C)n1C)NC(C)c1ccccc1Cl. The maximum Gasteiger partial charge on any atom is 0.192 e. The number of rotatable bonds is 9. The molecule has 148 valence electrons. The number of aliphatic imine (C=N–C) groups is 1. The summed E-state index contributed by atoms with van der Waals surface area (Å²) in [5, 5.41) is 15.8. The molecule has 1 aromatic carbocycles. The van der Waals surface area contributed by atoms with Crippen LogP contribution in [0.3, 0.4) is 0 Å². The second-order valence-corrected chi connectivity index (χ2v) is 6.66. The molecule has 7 nitrogen and oxygen atoms in total. The zero-order valence-corrected chi connectivity index (χ0v) is 17.3. The molecule has 0 saturated heterocycles. The Labute approximate surface area is 166 Å². The highest BCUT2D eigenvalue weighted by Gasteiger charge is 2.12. The van der Waals surface area contributed by atoms with E-state index in [2.05, 4.69) is 32.7 Å². The second kappa shape index (κ2) is 10.9. The Kier molecular flexibility index (Phi) is 8.54. The van der Waals surface area contributed by atoms with Gasteiger partial charge in [-0.1, -0.05) is 29.8 Å². The third-order valence-electron chi connectivity index (χ3n) is 4.25. The summed E-state index contributed by atoms with van der Waals surface area (Å²) in [6.45, 7) is 8.63. The summed E-state index contributed by atoms with van der Waals surface area (Å²) in [6.07, 6.45) is 0.901. The van der Waals surface area contributed by atoms with Crippen LogP contribution in [0.1, 0.15) is 43.5 Å². The van der Waals surface area contributed by atoms with E-state index < -0.39 is 0 Å². The number of ether oxygens (including phenoxy) is 1. The lowest BCUT2D eigenvalue weighted by molar-refractivity contribution is 0.145. The Bertz CT molecular complexity index is 746. The third-order valence-corrected chi connectivity index (χ3v) is 4.59. The molecule has 2 aromatic rings. The van der Waals surface area contributed by atoms with Crippen molar-refractivity contribution in [1.82, 2.24) is 25.4 Å². The standard InChI is InChI=1S/C19H29ClN6O/c1-5-27-12-8-11-21-19(22-13-18-25-24-15(3)26(18)4)23-14(2)16-9-6-7-10-17(16)20/h6-7,9-10,14H,5,8,11-13H2,1-4H3,(H2,21,22,23). The van der Waals surface area contributed by atoms with E-state index in [9.17, 15) is 0 Å². The van der Waals surface area contributed by atoms with E-state index in [1.165, 1.54) is 0 Å². The molecule has 27 heavy (non-hydrogen) atoms. The van der Waals surface area contributed by atoms with Gasteiger partial charge >= 0.3 is 0 Å². The zero-order valence-electron chi connectivity index (χ0n) is 16.5. The molecule has 1 aromatic heterocycles. The number of hydrogen-bond acceptors (Lipinski definition) is 4. The maximum atomic E-state index is 6.32. The topological polar surface area (TPSA) is 76.4 Å². The van der Waals surface area contributed by atoms with Crippen LogP contribution in [0.5, 0.6) is 0 Å². The summed E-state index contributed by atoms with van der Waals surface area (Å²) in [5.41, 5.74) is 1.03. The van der Waals surface area contributed by atoms with E-state index in [-0.39, 0.29) is 6.04 Å². The van der Waals surface area contributed by atoms with Crippen molar-refractivity contribution in [2.75, 3.05) is 19.8 Å². The Morgan fingerprint density at radius 1 is 1.33 bits per heavy atom. The Balaban J connectivity index is 2.05. The minimum Gasteiger partial charge on any atom is -0.382 e. The Morgan fingerprint density at radius 3 is 2.78 bits per heavy atom. The smallest absolute Gasteiger partial charge is 0.192 e. The fourth-order valence-electron chi connectivity index (χ4n) is 2.53. The summed E-state index contributed by atoms with van der Waals surface area (Å²) in [4.78, 5) is 4.67. The molecule has 2 rings (SSSR count). The van der Waals surface area contributed by atoms with E-state index in [0.29, 0.717) is 12.5 Å². The lowest BCUT2D eigenvalue weighted by atomic mass is 10.1. The van der Waals surface area contributed by atoms with Crippen molar-refractivity contribution in [3.05, 3.63) is 46.5 Å². The molecule has 0 aliphatic rings. The third kappa shape index (κ3) is 6.52. The second-order valence-electron chi connectivity index (χ2n) is 6.25. The highest BCUT2D eigenvalue weighted by atomic mass is 35.5. The summed E-state index contributed by atoms with van der Waals surface area (Å²) < 4.78 is 7.33. The molecule has 1 unspecified atom stereocenters. The molecule has 1 heterocycles. The largest absolute Gasteiger partial charge is 0.382 e. The molecule has 2 N–H and O–H groups in total. The van der Waals surface area contributed by atoms with E-state index in [1.807, 2.05) is 49.7 Å². The van der Waals surface area contributed by atoms with Crippen LogP contribution in [-0.2, 0) is 18.3 Å². The first-order valence-electron chi connectivity index (χ1n) is 9.24. The van der Waals surface area contributed by atoms with Gasteiger partial charge in [0, 0.05) is 31.8 Å². The monoisotopic (exact) mass is 392 g/mol. The fraction of sp³-hybridized carbons (Fsp3) is 0.526. The number of nitrogens with one attached hydrogen (secondary N) is 2. The average molecular weight is 393 g/mol. The number of halogens is 1. The molecule has 0 aliphatic heterocycles. The number of guanidine groups is 1. The van der Waals surface area contributed by atoms with Gasteiger partial charge in [-0.25, -0.2) is 4.99 Å². The maximum absolute atomic E-state index is 6.32. The first-order valence-corrected chi connectivity index (χ1v) is 9.62. The molecule has 8 heteroatoms. The highest BCUT2D eigenvalue weighted by Crippen LogP contribution is 2.21. The van der Waals surface area contributed by atoms with Gasteiger partial charge in [0.25, 0.3) is 0 Å². The Morgan fingerprint density at radius 2 is 2.11 bits per heavy atom. The zero-order chi connectivity index (χ0) is 19.6. The lowest BCUT2D eigenvalue weighted by Gasteiger charge is -2.19. The molecule has 0 aliphatic carbocycles. The quantitative estimate of drug-likeness (QED) is 0.389. The first kappa shape index (κ1) is 21.2. The van der Waals surface area contributed by atoms with Crippen LogP contribution in [0.4, 0.5) is 0 Å². The van der Waals surface area contributed by atoms with Crippen molar-refractivity contribution >= 4 is 17.6 Å². The van der Waals surface area contributed by atoms with Crippen LogP contribution in [0.15, 0.2) is 29.3 Å². The molecule has 0 saturated carbocycles. The Hall–Kier alpha value is -2.12. The van der Waals surface area contributed by atoms with Gasteiger partial charge in [-0.15, -0.1) is 10.2 Å². The van der Waals surface area contributed by atoms with Gasteiger partial charge in [0.1, 0.15) is 12.4 Å². The van der Waals surface area contributed by atoms with Crippen LogP contribution in [0.2, 0.25) is 5.02 Å². The first-order chi connectivity index (χ1) is 13.0. The van der Waals surface area contributed by atoms with E-state index in [1.54, 1.807) is 0 Å². The summed E-state index contributed by atoms with van der Waals surface area (Å²) in [6, 6.07) is 7.82. The number of nitrogens with zero attached hydrogens (tertiary/aromatic N) is 4. The number of hydrogen-bond donors (Lipinski definition) is 2. The van der Waals surface area contributed by atoms with Crippen molar-refractivity contribution in [2.24, 2.45) is 12.0 Å². The van der Waals surface area contributed by atoms with Crippen molar-refractivity contribution < 1.29 is 4.74 Å². The van der Waals surface area contributed by atoms with Gasteiger partial charge in [0.2, 0.25) is 0 Å². The van der Waals surface area contributed by atoms with Crippen LogP contribution in [-0.4, -0.2) is 40.5 Å². The van der Waals surface area contributed by atoms with E-state index >= 15 is 0 Å². The van der Waals surface area contributed by atoms with Gasteiger partial charge in [0.05, 0.1) is 6.04 Å². The van der Waals surface area contributed by atoms with Crippen molar-refractivity contribution in [1.29, 1.82) is 0 Å². The van der Waals surface area contributed by atoms with Gasteiger partial charge < -0.3 is 19.9 Å². The normalized spacial score (nSPS) is 12.9. The lowest BCUT2D eigenvalue weighted by Crippen LogP contribution is -2.39. The van der Waals surface area contributed by atoms with Crippen LogP contribution in [0, 0.1) is 6.92 Å². The molecule has 0 spiro atoms. The van der Waals surface area contributed by atoms with Crippen LogP contribution in [0.25, 0.3) is 0 Å². The average Bonchev–Trinajstić information content (AvgIpc) is 2.98. The minimum absolute atomic E-state index is 0.0121. The van der Waals surface area contributed by atoms with E-state index in [0.717, 1.165) is 48.4 Å². The van der Waals surface area contributed by atoms with Crippen molar-refractivity contribution in [3.63, 3.8) is 0 Å². The highest BCUT2D eigenvalue weighted by molar-refractivity contribution is 6.31. The summed E-state index contributed by atoms with van der Waals surface area (Å²) in [5.74, 6) is 2.39. The minimum atomic E-state index is 0.0121. The molecule has 1 atom stereocenters. The summed E-state index contributed by atoms with van der Waals surface area (Å²) >= 11 is 6.32. The molecule has 0 radical (unpaired) electrons. The van der Waals surface area contributed by atoms with Gasteiger partial charge in [-0.05, 0) is 38.8 Å². The predicted octanol–water partition coefficient (Wildman–Crippen LogP) is 3.00. The van der Waals surface area contributed by atoms with Crippen LogP contribution >= 0.6 is 11.6 Å². The fourth-order valence-corrected chi connectivity index (χ4v) is 2.82.